The number of likely N-dealkylation sites (tertiary alicyclic amines) is 1. The van der Waals surface area contributed by atoms with Crippen LogP contribution in [0.3, 0.4) is 0 Å². The van der Waals surface area contributed by atoms with Crippen LogP contribution in [0.4, 0.5) is 0 Å². The van der Waals surface area contributed by atoms with Crippen molar-refractivity contribution in [3.63, 3.8) is 0 Å². The Kier molecular flexibility index (Phi) is 5.55. The Morgan fingerprint density at radius 2 is 1.95 bits per heavy atom. The van der Waals surface area contributed by atoms with E-state index in [9.17, 15) is 0 Å². The first-order valence-electron chi connectivity index (χ1n) is 8.09. The lowest BCUT2D eigenvalue weighted by atomic mass is 9.80. The lowest BCUT2D eigenvalue weighted by Gasteiger charge is -2.47. The standard InChI is InChI=1S/C17H29N3/c1-4-17(5-2,20-12-8-9-13-20)16(18-3)14-15-10-6-7-11-19-15/h6-7,10-11,16,18H,4-5,8-9,12-14H2,1-3H3. The third-order valence-electron chi connectivity index (χ3n) is 5.10. The van der Waals surface area contributed by atoms with Crippen LogP contribution in [0, 0.1) is 0 Å². The van der Waals surface area contributed by atoms with Gasteiger partial charge in [-0.25, -0.2) is 0 Å². The van der Waals surface area contributed by atoms with Crippen molar-refractivity contribution in [2.75, 3.05) is 20.1 Å². The molecule has 1 aromatic heterocycles. The molecule has 0 aliphatic carbocycles. The molecular weight excluding hydrogens is 246 g/mol. The lowest BCUT2D eigenvalue weighted by Crippen LogP contribution is -2.60. The lowest BCUT2D eigenvalue weighted by molar-refractivity contribution is 0.0647. The molecule has 0 aromatic carbocycles. The fourth-order valence-electron chi connectivity index (χ4n) is 3.86. The highest BCUT2D eigenvalue weighted by atomic mass is 15.2. The maximum atomic E-state index is 4.52. The highest BCUT2D eigenvalue weighted by molar-refractivity contribution is 5.10. The Labute approximate surface area is 123 Å². The minimum atomic E-state index is 0.267. The summed E-state index contributed by atoms with van der Waals surface area (Å²) in [7, 11) is 2.10. The smallest absolute Gasteiger partial charge is 0.0419 e. The SMILES string of the molecule is CCC(CC)(C(Cc1ccccn1)NC)N1CCCC1. The van der Waals surface area contributed by atoms with E-state index < -0.39 is 0 Å². The number of nitrogens with one attached hydrogen (secondary N) is 1. The highest BCUT2D eigenvalue weighted by Gasteiger charge is 2.41. The molecule has 1 fully saturated rings. The van der Waals surface area contributed by atoms with E-state index in [-0.39, 0.29) is 5.54 Å². The van der Waals surface area contributed by atoms with E-state index in [4.69, 9.17) is 0 Å². The molecule has 3 heteroatoms. The molecule has 1 aliphatic rings. The van der Waals surface area contributed by atoms with E-state index in [1.807, 2.05) is 12.3 Å². The minimum absolute atomic E-state index is 0.267. The van der Waals surface area contributed by atoms with Gasteiger partial charge in [0.2, 0.25) is 0 Å². The van der Waals surface area contributed by atoms with Crippen molar-refractivity contribution in [2.24, 2.45) is 0 Å². The molecule has 0 amide bonds. The number of aromatic nitrogens is 1. The summed E-state index contributed by atoms with van der Waals surface area (Å²) < 4.78 is 0. The van der Waals surface area contributed by atoms with Crippen LogP contribution in [0.1, 0.15) is 45.2 Å². The molecule has 20 heavy (non-hydrogen) atoms. The third kappa shape index (κ3) is 3.04. The van der Waals surface area contributed by atoms with E-state index >= 15 is 0 Å². The van der Waals surface area contributed by atoms with Gasteiger partial charge in [-0.1, -0.05) is 19.9 Å². The fourth-order valence-corrected chi connectivity index (χ4v) is 3.86. The predicted octanol–water partition coefficient (Wildman–Crippen LogP) is 2.87. The molecule has 1 aromatic rings. The van der Waals surface area contributed by atoms with Crippen LogP contribution in [0.15, 0.2) is 24.4 Å². The van der Waals surface area contributed by atoms with Crippen LogP contribution in [-0.2, 0) is 6.42 Å². The summed E-state index contributed by atoms with van der Waals surface area (Å²) in [6.07, 6.45) is 8.00. The zero-order valence-electron chi connectivity index (χ0n) is 13.2. The maximum absolute atomic E-state index is 4.52. The van der Waals surface area contributed by atoms with Crippen LogP contribution < -0.4 is 5.32 Å². The molecular formula is C17H29N3. The Balaban J connectivity index is 2.20. The van der Waals surface area contributed by atoms with Gasteiger partial charge in [0.15, 0.2) is 0 Å². The summed E-state index contributed by atoms with van der Waals surface area (Å²) in [4.78, 5) is 7.24. The van der Waals surface area contributed by atoms with Crippen LogP contribution >= 0.6 is 0 Å². The van der Waals surface area contributed by atoms with Gasteiger partial charge in [-0.15, -0.1) is 0 Å². The second-order valence-corrected chi connectivity index (χ2v) is 5.87. The number of rotatable bonds is 7. The second-order valence-electron chi connectivity index (χ2n) is 5.87. The Bertz CT molecular complexity index is 380. The predicted molar refractivity (Wildman–Crippen MR) is 84.9 cm³/mol. The van der Waals surface area contributed by atoms with Crippen LogP contribution in [-0.4, -0.2) is 41.6 Å². The Hall–Kier alpha value is -0.930. The summed E-state index contributed by atoms with van der Waals surface area (Å²) in [6, 6.07) is 6.69. The molecule has 3 nitrogen and oxygen atoms in total. The first-order valence-corrected chi connectivity index (χ1v) is 8.09. The molecule has 0 bridgehead atoms. The zero-order chi connectivity index (χ0) is 14.4. The summed E-state index contributed by atoms with van der Waals surface area (Å²) in [5.74, 6) is 0. The van der Waals surface area contributed by atoms with Gasteiger partial charge < -0.3 is 5.32 Å². The van der Waals surface area contributed by atoms with Crippen LogP contribution in [0.5, 0.6) is 0 Å². The second kappa shape index (κ2) is 7.19. The highest BCUT2D eigenvalue weighted by Crippen LogP contribution is 2.32. The summed E-state index contributed by atoms with van der Waals surface area (Å²) in [5.41, 5.74) is 1.46. The van der Waals surface area contributed by atoms with Gasteiger partial charge in [-0.05, 0) is 58.0 Å². The summed E-state index contributed by atoms with van der Waals surface area (Å²) in [6.45, 7) is 7.18. The van der Waals surface area contributed by atoms with Crippen molar-refractivity contribution in [1.82, 2.24) is 15.2 Å². The van der Waals surface area contributed by atoms with E-state index in [0.717, 1.165) is 6.42 Å². The van der Waals surface area contributed by atoms with Crippen molar-refractivity contribution >= 4 is 0 Å². The van der Waals surface area contributed by atoms with E-state index in [1.165, 1.54) is 44.5 Å². The van der Waals surface area contributed by atoms with Crippen LogP contribution in [0.2, 0.25) is 0 Å². The molecule has 0 saturated carbocycles. The van der Waals surface area contributed by atoms with Crippen molar-refractivity contribution in [2.45, 2.75) is 57.5 Å². The first kappa shape index (κ1) is 15.5. The van der Waals surface area contributed by atoms with Crippen molar-refractivity contribution < 1.29 is 0 Å². The summed E-state index contributed by atoms with van der Waals surface area (Å²) >= 11 is 0. The number of likely N-dealkylation sites (N-methyl/N-ethyl adjacent to an activating group) is 1. The van der Waals surface area contributed by atoms with Crippen molar-refractivity contribution in [3.8, 4) is 0 Å². The molecule has 1 N–H and O–H groups in total. The zero-order valence-corrected chi connectivity index (χ0v) is 13.2. The van der Waals surface area contributed by atoms with Gasteiger partial charge in [-0.2, -0.15) is 0 Å². The molecule has 1 saturated heterocycles. The van der Waals surface area contributed by atoms with E-state index in [0.29, 0.717) is 6.04 Å². The molecule has 2 rings (SSSR count). The molecule has 0 spiro atoms. The normalized spacial score (nSPS) is 18.4. The molecule has 1 unspecified atom stereocenters. The molecule has 112 valence electrons. The Morgan fingerprint density at radius 1 is 1.25 bits per heavy atom. The quantitative estimate of drug-likeness (QED) is 0.829. The van der Waals surface area contributed by atoms with Gasteiger partial charge in [0.05, 0.1) is 0 Å². The first-order chi connectivity index (χ1) is 9.76. The van der Waals surface area contributed by atoms with Crippen LogP contribution in [0.25, 0.3) is 0 Å². The van der Waals surface area contributed by atoms with Gasteiger partial charge >= 0.3 is 0 Å². The number of hydrogen-bond acceptors (Lipinski definition) is 3. The maximum Gasteiger partial charge on any atom is 0.0419 e. The van der Waals surface area contributed by atoms with Gasteiger partial charge in [0.25, 0.3) is 0 Å². The fraction of sp³-hybridized carbons (Fsp3) is 0.706. The van der Waals surface area contributed by atoms with E-state index in [1.54, 1.807) is 0 Å². The number of pyridine rings is 1. The van der Waals surface area contributed by atoms with Gasteiger partial charge in [0, 0.05) is 29.9 Å². The Morgan fingerprint density at radius 3 is 2.45 bits per heavy atom. The largest absolute Gasteiger partial charge is 0.315 e. The molecule has 2 heterocycles. The molecule has 1 atom stereocenters. The van der Waals surface area contributed by atoms with E-state index in [2.05, 4.69) is 48.2 Å². The van der Waals surface area contributed by atoms with Crippen molar-refractivity contribution in [3.05, 3.63) is 30.1 Å². The number of nitrogens with zero attached hydrogens (tertiary/aromatic N) is 2. The minimum Gasteiger partial charge on any atom is -0.315 e. The van der Waals surface area contributed by atoms with Gasteiger partial charge in [0.1, 0.15) is 0 Å². The average molecular weight is 275 g/mol. The average Bonchev–Trinajstić information content (AvgIpc) is 3.03. The monoisotopic (exact) mass is 275 g/mol. The van der Waals surface area contributed by atoms with Gasteiger partial charge in [-0.3, -0.25) is 9.88 Å². The number of hydrogen-bond donors (Lipinski definition) is 1. The molecule has 0 radical (unpaired) electrons. The topological polar surface area (TPSA) is 28.2 Å². The third-order valence-corrected chi connectivity index (χ3v) is 5.10. The van der Waals surface area contributed by atoms with Crippen molar-refractivity contribution in [1.29, 1.82) is 0 Å². The summed E-state index contributed by atoms with van der Waals surface area (Å²) in [5, 5.41) is 3.59. The molecule has 1 aliphatic heterocycles.